The minimum absolute atomic E-state index is 0.108. The van der Waals surface area contributed by atoms with Crippen LogP contribution in [0.5, 0.6) is 0 Å². The van der Waals surface area contributed by atoms with Gasteiger partial charge < -0.3 is 18.9 Å². The van der Waals surface area contributed by atoms with Gasteiger partial charge in [-0.15, -0.1) is 0 Å². The Morgan fingerprint density at radius 1 is 1.43 bits per heavy atom. The number of nitrogens with zero attached hydrogens (tertiary/aromatic N) is 2. The Morgan fingerprint density at radius 3 is 2.95 bits per heavy atom. The van der Waals surface area contributed by atoms with Gasteiger partial charge in [0.2, 0.25) is 5.91 Å². The molecule has 114 valence electrons. The predicted molar refractivity (Wildman–Crippen MR) is 73.7 cm³/mol. The van der Waals surface area contributed by atoms with Gasteiger partial charge in [0.15, 0.2) is 6.10 Å². The van der Waals surface area contributed by atoms with Crippen LogP contribution in [-0.4, -0.2) is 54.3 Å². The summed E-state index contributed by atoms with van der Waals surface area (Å²) in [6.07, 6.45) is 1.12. The Bertz CT molecular complexity index is 568. The van der Waals surface area contributed by atoms with E-state index in [1.807, 2.05) is 0 Å². The lowest BCUT2D eigenvalue weighted by Crippen LogP contribution is -2.49. The Labute approximate surface area is 122 Å². The Hall–Kier alpha value is -2.15. The molecule has 2 rings (SSSR count). The van der Waals surface area contributed by atoms with Crippen LogP contribution in [0.2, 0.25) is 0 Å². The van der Waals surface area contributed by atoms with Gasteiger partial charge in [-0.1, -0.05) is 6.07 Å². The number of aryl methyl sites for hydroxylation is 1. The molecule has 0 N–H and O–H groups in total. The lowest BCUT2D eigenvalue weighted by molar-refractivity contribution is -0.162. The third-order valence-corrected chi connectivity index (χ3v) is 3.35. The normalized spacial score (nSPS) is 18.3. The predicted octanol–water partition coefficient (Wildman–Crippen LogP) is -0.361. The van der Waals surface area contributed by atoms with E-state index in [4.69, 9.17) is 4.74 Å². The first-order valence-corrected chi connectivity index (χ1v) is 6.74. The lowest BCUT2D eigenvalue weighted by atomic mass is 10.2. The molecule has 7 heteroatoms. The van der Waals surface area contributed by atoms with E-state index in [-0.39, 0.29) is 24.4 Å². The minimum Gasteiger partial charge on any atom is -0.467 e. The van der Waals surface area contributed by atoms with Crippen molar-refractivity contribution >= 4 is 11.9 Å². The summed E-state index contributed by atoms with van der Waals surface area (Å²) in [7, 11) is 1.29. The molecule has 1 atom stereocenters. The lowest BCUT2D eigenvalue weighted by Gasteiger charge is -2.31. The highest BCUT2D eigenvalue weighted by Crippen LogP contribution is 2.08. The molecular formula is C14H18N2O5. The average molecular weight is 294 g/mol. The summed E-state index contributed by atoms with van der Waals surface area (Å²) >= 11 is 0. The largest absolute Gasteiger partial charge is 0.467 e. The number of ether oxygens (including phenoxy) is 2. The van der Waals surface area contributed by atoms with Crippen LogP contribution in [0.4, 0.5) is 0 Å². The highest BCUT2D eigenvalue weighted by Gasteiger charge is 2.29. The quantitative estimate of drug-likeness (QED) is 0.709. The molecule has 1 saturated heterocycles. The summed E-state index contributed by atoms with van der Waals surface area (Å²) in [5, 5.41) is 0. The molecule has 0 aromatic carbocycles. The molecule has 1 aliphatic rings. The number of pyridine rings is 1. The first-order chi connectivity index (χ1) is 10.1. The maximum atomic E-state index is 12.1. The third kappa shape index (κ3) is 3.91. The number of morpholine rings is 1. The zero-order valence-electron chi connectivity index (χ0n) is 11.9. The summed E-state index contributed by atoms with van der Waals surface area (Å²) in [4.78, 5) is 36.7. The molecule has 1 aliphatic heterocycles. The number of rotatable bonds is 4. The van der Waals surface area contributed by atoms with Crippen LogP contribution in [0, 0.1) is 0 Å². The van der Waals surface area contributed by atoms with E-state index in [2.05, 4.69) is 4.74 Å². The van der Waals surface area contributed by atoms with E-state index in [1.165, 1.54) is 17.7 Å². The number of hydrogen-bond acceptors (Lipinski definition) is 5. The highest BCUT2D eigenvalue weighted by atomic mass is 16.6. The van der Waals surface area contributed by atoms with Crippen LogP contribution < -0.4 is 5.56 Å². The topological polar surface area (TPSA) is 77.8 Å². The van der Waals surface area contributed by atoms with Gasteiger partial charge in [0.1, 0.15) is 0 Å². The van der Waals surface area contributed by atoms with Crippen molar-refractivity contribution in [1.29, 1.82) is 0 Å². The molecule has 0 bridgehead atoms. The van der Waals surface area contributed by atoms with Gasteiger partial charge in [0.25, 0.3) is 5.56 Å². The average Bonchev–Trinajstić information content (AvgIpc) is 2.53. The molecule has 21 heavy (non-hydrogen) atoms. The molecule has 0 spiro atoms. The molecule has 1 amide bonds. The van der Waals surface area contributed by atoms with Gasteiger partial charge in [-0.05, 0) is 6.07 Å². The molecule has 1 fully saturated rings. The summed E-state index contributed by atoms with van der Waals surface area (Å²) in [6, 6.07) is 4.85. The van der Waals surface area contributed by atoms with Crippen molar-refractivity contribution in [1.82, 2.24) is 9.47 Å². The van der Waals surface area contributed by atoms with Crippen LogP contribution in [0.25, 0.3) is 0 Å². The van der Waals surface area contributed by atoms with Gasteiger partial charge >= 0.3 is 5.97 Å². The summed E-state index contributed by atoms with van der Waals surface area (Å²) < 4.78 is 11.4. The minimum atomic E-state index is -0.729. The maximum Gasteiger partial charge on any atom is 0.336 e. The number of esters is 1. The van der Waals surface area contributed by atoms with Crippen LogP contribution in [0.1, 0.15) is 6.42 Å². The number of hydrogen-bond donors (Lipinski definition) is 0. The highest BCUT2D eigenvalue weighted by molar-refractivity contribution is 5.79. The smallest absolute Gasteiger partial charge is 0.336 e. The first-order valence-electron chi connectivity index (χ1n) is 6.74. The zero-order chi connectivity index (χ0) is 15.2. The van der Waals surface area contributed by atoms with E-state index in [0.29, 0.717) is 19.7 Å². The molecule has 0 radical (unpaired) electrons. The van der Waals surface area contributed by atoms with Crippen LogP contribution in [0.3, 0.4) is 0 Å². The molecule has 1 aromatic rings. The van der Waals surface area contributed by atoms with Crippen molar-refractivity contribution in [3.63, 3.8) is 0 Å². The summed E-state index contributed by atoms with van der Waals surface area (Å²) in [6.45, 7) is 1.25. The fourth-order valence-electron chi connectivity index (χ4n) is 2.17. The monoisotopic (exact) mass is 294 g/mol. The number of amides is 1. The number of carbonyl (C=O) groups is 2. The molecule has 1 unspecified atom stereocenters. The SMILES string of the molecule is COC(=O)C1CN(C(=O)CCn2ccccc2=O)CCO1. The Morgan fingerprint density at radius 2 is 2.24 bits per heavy atom. The molecule has 1 aromatic heterocycles. The van der Waals surface area contributed by atoms with Crippen LogP contribution in [0.15, 0.2) is 29.2 Å². The van der Waals surface area contributed by atoms with Gasteiger partial charge in [0, 0.05) is 31.8 Å². The third-order valence-electron chi connectivity index (χ3n) is 3.35. The van der Waals surface area contributed by atoms with E-state index in [1.54, 1.807) is 23.2 Å². The first kappa shape index (κ1) is 15.2. The molecule has 7 nitrogen and oxygen atoms in total. The fraction of sp³-hybridized carbons (Fsp3) is 0.500. The molecular weight excluding hydrogens is 276 g/mol. The van der Waals surface area contributed by atoms with Gasteiger partial charge in [-0.2, -0.15) is 0 Å². The second-order valence-corrected chi connectivity index (χ2v) is 4.70. The molecule has 0 saturated carbocycles. The van der Waals surface area contributed by atoms with E-state index >= 15 is 0 Å². The zero-order valence-corrected chi connectivity index (χ0v) is 11.9. The van der Waals surface area contributed by atoms with Gasteiger partial charge in [-0.3, -0.25) is 9.59 Å². The second kappa shape index (κ2) is 7.03. The standard InChI is InChI=1S/C14H18N2O5/c1-20-14(19)11-10-16(8-9-21-11)13(18)5-7-15-6-3-2-4-12(15)17/h2-4,6,11H,5,7-10H2,1H3. The van der Waals surface area contributed by atoms with E-state index in [9.17, 15) is 14.4 Å². The Kier molecular flexibility index (Phi) is 5.10. The van der Waals surface area contributed by atoms with Gasteiger partial charge in [0.05, 0.1) is 20.3 Å². The van der Waals surface area contributed by atoms with Crippen molar-refractivity contribution in [2.24, 2.45) is 0 Å². The van der Waals surface area contributed by atoms with E-state index in [0.717, 1.165) is 0 Å². The fourth-order valence-corrected chi connectivity index (χ4v) is 2.17. The number of methoxy groups -OCH3 is 1. The van der Waals surface area contributed by atoms with E-state index < -0.39 is 12.1 Å². The second-order valence-electron chi connectivity index (χ2n) is 4.70. The molecule has 0 aliphatic carbocycles. The summed E-state index contributed by atoms with van der Waals surface area (Å²) in [5.74, 6) is -0.588. The van der Waals surface area contributed by atoms with Crippen molar-refractivity contribution in [2.75, 3.05) is 26.8 Å². The van der Waals surface area contributed by atoms with Crippen molar-refractivity contribution in [2.45, 2.75) is 19.1 Å². The Balaban J connectivity index is 1.90. The van der Waals surface area contributed by atoms with Crippen molar-refractivity contribution < 1.29 is 19.1 Å². The van der Waals surface area contributed by atoms with Crippen LogP contribution in [-0.2, 0) is 25.6 Å². The number of carbonyl (C=O) groups excluding carboxylic acids is 2. The molecule has 2 heterocycles. The maximum absolute atomic E-state index is 12.1. The summed E-state index contributed by atoms with van der Waals surface area (Å²) in [5.41, 5.74) is -0.139. The van der Waals surface area contributed by atoms with Crippen LogP contribution >= 0.6 is 0 Å². The van der Waals surface area contributed by atoms with Gasteiger partial charge in [-0.25, -0.2) is 4.79 Å². The van der Waals surface area contributed by atoms with Crippen molar-refractivity contribution in [3.05, 3.63) is 34.7 Å². The van der Waals surface area contributed by atoms with Crippen molar-refractivity contribution in [3.8, 4) is 0 Å². The number of aromatic nitrogens is 1.